The molecule has 0 aromatic heterocycles. The Kier molecular flexibility index (Phi) is 4.73. The zero-order valence-electron chi connectivity index (χ0n) is 10.6. The van der Waals surface area contributed by atoms with E-state index in [-0.39, 0.29) is 27.2 Å². The molecule has 8 heteroatoms. The molecule has 0 saturated heterocycles. The van der Waals surface area contributed by atoms with Crippen molar-refractivity contribution in [1.29, 1.82) is 0 Å². The molecule has 0 fully saturated rings. The number of halogens is 3. The first-order valence-corrected chi connectivity index (χ1v) is 8.03. The van der Waals surface area contributed by atoms with Gasteiger partial charge in [0, 0.05) is 6.54 Å². The quantitative estimate of drug-likeness (QED) is 0.833. The normalized spacial score (nSPS) is 11.6. The van der Waals surface area contributed by atoms with Gasteiger partial charge in [-0.15, -0.1) is 0 Å². The van der Waals surface area contributed by atoms with Crippen LogP contribution in [0.5, 0.6) is 0 Å². The van der Waals surface area contributed by atoms with Crippen molar-refractivity contribution in [3.63, 3.8) is 0 Å². The van der Waals surface area contributed by atoms with Gasteiger partial charge in [0.15, 0.2) is 0 Å². The number of hydrogen-bond acceptors (Lipinski definition) is 3. The maximum Gasteiger partial charge on any atom is 0.244 e. The number of nitrogens with one attached hydrogen (secondary N) is 1. The van der Waals surface area contributed by atoms with Crippen molar-refractivity contribution in [3.05, 3.63) is 57.8 Å². The fourth-order valence-corrected chi connectivity index (χ4v) is 3.60. The largest absolute Gasteiger partial charge is 0.398 e. The predicted octanol–water partition coefficient (Wildman–Crippen LogP) is 3.19. The van der Waals surface area contributed by atoms with Gasteiger partial charge in [-0.1, -0.05) is 35.3 Å². The molecule has 0 bridgehead atoms. The minimum Gasteiger partial charge on any atom is -0.398 e. The molecule has 0 amide bonds. The summed E-state index contributed by atoms with van der Waals surface area (Å²) in [6, 6.07) is 8.36. The Morgan fingerprint density at radius 1 is 1.14 bits per heavy atom. The number of anilines is 1. The van der Waals surface area contributed by atoms with Crippen LogP contribution in [-0.2, 0) is 16.6 Å². The van der Waals surface area contributed by atoms with Gasteiger partial charge < -0.3 is 5.73 Å². The molecule has 0 radical (unpaired) electrons. The van der Waals surface area contributed by atoms with Gasteiger partial charge in [0.25, 0.3) is 0 Å². The van der Waals surface area contributed by atoms with Crippen molar-refractivity contribution in [2.75, 3.05) is 5.73 Å². The van der Waals surface area contributed by atoms with Crippen LogP contribution in [0.15, 0.2) is 41.3 Å². The van der Waals surface area contributed by atoms with E-state index < -0.39 is 15.8 Å². The van der Waals surface area contributed by atoms with Crippen molar-refractivity contribution >= 4 is 38.9 Å². The molecule has 3 N–H and O–H groups in total. The lowest BCUT2D eigenvalue weighted by Gasteiger charge is -2.11. The van der Waals surface area contributed by atoms with Crippen molar-refractivity contribution < 1.29 is 12.8 Å². The Morgan fingerprint density at radius 3 is 2.48 bits per heavy atom. The highest BCUT2D eigenvalue weighted by Gasteiger charge is 2.20. The Bertz CT molecular complexity index is 761. The van der Waals surface area contributed by atoms with Gasteiger partial charge >= 0.3 is 0 Å². The molecule has 2 aromatic rings. The lowest BCUT2D eigenvalue weighted by Crippen LogP contribution is -2.24. The van der Waals surface area contributed by atoms with Crippen LogP contribution >= 0.6 is 23.2 Å². The van der Waals surface area contributed by atoms with Gasteiger partial charge in [0.2, 0.25) is 10.0 Å². The third kappa shape index (κ3) is 3.65. The smallest absolute Gasteiger partial charge is 0.244 e. The van der Waals surface area contributed by atoms with E-state index in [0.717, 1.165) is 6.07 Å². The Hall–Kier alpha value is -1.34. The molecule has 4 nitrogen and oxygen atoms in total. The van der Waals surface area contributed by atoms with Gasteiger partial charge in [0.05, 0.1) is 15.7 Å². The van der Waals surface area contributed by atoms with Crippen LogP contribution in [0.3, 0.4) is 0 Å². The van der Waals surface area contributed by atoms with Gasteiger partial charge in [-0.05, 0) is 29.8 Å². The number of hydrogen-bond donors (Lipinski definition) is 2. The van der Waals surface area contributed by atoms with Crippen LogP contribution in [0.2, 0.25) is 10.0 Å². The minimum atomic E-state index is -3.89. The lowest BCUT2D eigenvalue weighted by atomic mass is 10.2. The second-order valence-corrected chi connectivity index (χ2v) is 6.75. The highest BCUT2D eigenvalue weighted by molar-refractivity contribution is 7.89. The molecule has 0 aliphatic carbocycles. The topological polar surface area (TPSA) is 72.2 Å². The molecular weight excluding hydrogens is 338 g/mol. The lowest BCUT2D eigenvalue weighted by molar-refractivity contribution is 0.581. The molecule has 0 aliphatic heterocycles. The average Bonchev–Trinajstić information content (AvgIpc) is 2.40. The molecular formula is C13H11Cl2FN2O2S. The van der Waals surface area contributed by atoms with Crippen LogP contribution in [0.4, 0.5) is 10.1 Å². The summed E-state index contributed by atoms with van der Waals surface area (Å²) in [6.07, 6.45) is 0. The molecule has 0 unspecified atom stereocenters. The Morgan fingerprint density at radius 2 is 1.86 bits per heavy atom. The number of nitrogens with two attached hydrogens (primary N) is 1. The summed E-state index contributed by atoms with van der Waals surface area (Å²) in [4.78, 5) is -0.181. The SMILES string of the molecule is Nc1cccc(Cl)c1S(=O)(=O)NCc1ccc(F)c(Cl)c1. The van der Waals surface area contributed by atoms with E-state index in [4.69, 9.17) is 28.9 Å². The maximum atomic E-state index is 13.0. The molecule has 0 saturated carbocycles. The van der Waals surface area contributed by atoms with Crippen LogP contribution in [0.1, 0.15) is 5.56 Å². The van der Waals surface area contributed by atoms with Crippen LogP contribution in [-0.4, -0.2) is 8.42 Å². The molecule has 112 valence electrons. The van der Waals surface area contributed by atoms with E-state index in [1.807, 2.05) is 0 Å². The Balaban J connectivity index is 2.24. The van der Waals surface area contributed by atoms with Gasteiger partial charge in [-0.25, -0.2) is 17.5 Å². The summed E-state index contributed by atoms with van der Waals surface area (Å²) in [5.41, 5.74) is 6.20. The average molecular weight is 349 g/mol. The molecule has 2 aromatic carbocycles. The fraction of sp³-hybridized carbons (Fsp3) is 0.0769. The maximum absolute atomic E-state index is 13.0. The van der Waals surface area contributed by atoms with Crippen LogP contribution in [0, 0.1) is 5.82 Å². The van der Waals surface area contributed by atoms with Crippen LogP contribution < -0.4 is 10.5 Å². The van der Waals surface area contributed by atoms with Gasteiger partial charge in [0.1, 0.15) is 10.7 Å². The fourth-order valence-electron chi connectivity index (χ4n) is 1.71. The molecule has 2 rings (SSSR count). The van der Waals surface area contributed by atoms with Gasteiger partial charge in [-0.2, -0.15) is 0 Å². The monoisotopic (exact) mass is 348 g/mol. The zero-order valence-corrected chi connectivity index (χ0v) is 12.9. The summed E-state index contributed by atoms with van der Waals surface area (Å²) in [7, 11) is -3.89. The summed E-state index contributed by atoms with van der Waals surface area (Å²) in [5, 5.41) is -0.0522. The number of sulfonamides is 1. The zero-order chi connectivity index (χ0) is 15.6. The second kappa shape index (κ2) is 6.19. The Labute approximate surface area is 131 Å². The summed E-state index contributed by atoms with van der Waals surface area (Å²) in [5.74, 6) is -0.571. The number of benzene rings is 2. The third-order valence-electron chi connectivity index (χ3n) is 2.72. The number of nitrogen functional groups attached to an aromatic ring is 1. The second-order valence-electron chi connectivity index (χ2n) is 4.23. The highest BCUT2D eigenvalue weighted by Crippen LogP contribution is 2.27. The van der Waals surface area contributed by atoms with E-state index in [9.17, 15) is 12.8 Å². The third-order valence-corrected chi connectivity index (χ3v) is 4.95. The molecule has 0 heterocycles. The van der Waals surface area contributed by atoms with Crippen molar-refractivity contribution in [1.82, 2.24) is 4.72 Å². The van der Waals surface area contributed by atoms with E-state index in [1.54, 1.807) is 6.07 Å². The molecule has 0 atom stereocenters. The predicted molar refractivity (Wildman–Crippen MR) is 81.3 cm³/mol. The van der Waals surface area contributed by atoms with Crippen molar-refractivity contribution in [3.8, 4) is 0 Å². The number of rotatable bonds is 4. The first-order valence-electron chi connectivity index (χ1n) is 5.79. The first-order chi connectivity index (χ1) is 9.81. The summed E-state index contributed by atoms with van der Waals surface area (Å²) in [6.45, 7) is -0.0625. The van der Waals surface area contributed by atoms with E-state index >= 15 is 0 Å². The summed E-state index contributed by atoms with van der Waals surface area (Å²) < 4.78 is 39.8. The minimum absolute atomic E-state index is 0.0274. The van der Waals surface area contributed by atoms with E-state index in [0.29, 0.717) is 5.56 Å². The van der Waals surface area contributed by atoms with E-state index in [1.165, 1.54) is 24.3 Å². The molecule has 21 heavy (non-hydrogen) atoms. The highest BCUT2D eigenvalue weighted by atomic mass is 35.5. The van der Waals surface area contributed by atoms with Gasteiger partial charge in [-0.3, -0.25) is 0 Å². The van der Waals surface area contributed by atoms with Crippen LogP contribution in [0.25, 0.3) is 0 Å². The molecule has 0 aliphatic rings. The van der Waals surface area contributed by atoms with Crippen molar-refractivity contribution in [2.45, 2.75) is 11.4 Å². The first kappa shape index (κ1) is 16.0. The van der Waals surface area contributed by atoms with Crippen molar-refractivity contribution in [2.24, 2.45) is 0 Å². The summed E-state index contributed by atoms with van der Waals surface area (Å²) >= 11 is 11.5. The van der Waals surface area contributed by atoms with E-state index in [2.05, 4.69) is 4.72 Å². The molecule has 0 spiro atoms. The standard InChI is InChI=1S/C13H11Cl2FN2O2S/c14-9-2-1-3-12(17)13(9)21(19,20)18-7-8-4-5-11(16)10(15)6-8/h1-6,18H,7,17H2.